The van der Waals surface area contributed by atoms with Gasteiger partial charge in [-0.3, -0.25) is 4.79 Å². The molecular weight excluding hydrogens is 376 g/mol. The van der Waals surface area contributed by atoms with Crippen LogP contribution in [0.4, 0.5) is 11.5 Å². The zero-order valence-corrected chi connectivity index (χ0v) is 16.5. The fourth-order valence-electron chi connectivity index (χ4n) is 4.02. The van der Waals surface area contributed by atoms with E-state index in [1.807, 2.05) is 54.6 Å². The SMILES string of the molecule is O=C(Nc1cccc2ccccc12)C1CCCN(c2ccc(-c3ccco3)nn2)C1. The molecule has 1 atom stereocenters. The molecule has 1 amide bonds. The summed E-state index contributed by atoms with van der Waals surface area (Å²) in [5, 5.41) is 14.0. The lowest BCUT2D eigenvalue weighted by atomic mass is 9.96. The first-order valence-electron chi connectivity index (χ1n) is 10.2. The second-order valence-electron chi connectivity index (χ2n) is 7.56. The van der Waals surface area contributed by atoms with E-state index in [1.165, 1.54) is 0 Å². The number of carbonyl (C=O) groups is 1. The molecule has 2 aromatic heterocycles. The fraction of sp³-hybridized carbons (Fsp3) is 0.208. The molecular formula is C24H22N4O2. The molecule has 0 radical (unpaired) electrons. The molecule has 6 nitrogen and oxygen atoms in total. The van der Waals surface area contributed by atoms with E-state index in [9.17, 15) is 4.79 Å². The smallest absolute Gasteiger partial charge is 0.229 e. The number of aromatic nitrogens is 2. The molecule has 1 unspecified atom stereocenters. The highest BCUT2D eigenvalue weighted by atomic mass is 16.3. The van der Waals surface area contributed by atoms with Crippen molar-refractivity contribution >= 4 is 28.2 Å². The molecule has 1 aliphatic rings. The third-order valence-electron chi connectivity index (χ3n) is 5.59. The van der Waals surface area contributed by atoms with E-state index in [-0.39, 0.29) is 11.8 Å². The van der Waals surface area contributed by atoms with Crippen LogP contribution in [0.15, 0.2) is 77.4 Å². The van der Waals surface area contributed by atoms with Crippen molar-refractivity contribution in [2.75, 3.05) is 23.3 Å². The molecule has 0 bridgehead atoms. The first kappa shape index (κ1) is 18.4. The van der Waals surface area contributed by atoms with Crippen LogP contribution < -0.4 is 10.2 Å². The summed E-state index contributed by atoms with van der Waals surface area (Å²) in [6.45, 7) is 1.50. The number of furan rings is 1. The number of fused-ring (bicyclic) bond motifs is 1. The van der Waals surface area contributed by atoms with E-state index >= 15 is 0 Å². The molecule has 0 saturated carbocycles. The fourth-order valence-corrected chi connectivity index (χ4v) is 4.02. The average molecular weight is 398 g/mol. The summed E-state index contributed by atoms with van der Waals surface area (Å²) < 4.78 is 5.37. The Kier molecular flexibility index (Phi) is 4.89. The molecule has 2 aromatic carbocycles. The summed E-state index contributed by atoms with van der Waals surface area (Å²) in [6.07, 6.45) is 3.43. The van der Waals surface area contributed by atoms with Crippen LogP contribution in [0.25, 0.3) is 22.2 Å². The molecule has 3 heterocycles. The normalized spacial score (nSPS) is 16.5. The Bertz CT molecular complexity index is 1150. The predicted octanol–water partition coefficient (Wildman–Crippen LogP) is 4.74. The Labute approximate surface area is 174 Å². The van der Waals surface area contributed by atoms with Crippen molar-refractivity contribution in [2.24, 2.45) is 5.92 Å². The number of piperidine rings is 1. The highest BCUT2D eigenvalue weighted by molar-refractivity contribution is 6.03. The molecule has 1 N–H and O–H groups in total. The van der Waals surface area contributed by atoms with Gasteiger partial charge in [0, 0.05) is 24.2 Å². The number of rotatable bonds is 4. The highest BCUT2D eigenvalue weighted by Gasteiger charge is 2.27. The van der Waals surface area contributed by atoms with Gasteiger partial charge in [0.15, 0.2) is 11.6 Å². The summed E-state index contributed by atoms with van der Waals surface area (Å²) >= 11 is 0. The monoisotopic (exact) mass is 398 g/mol. The van der Waals surface area contributed by atoms with Crippen LogP contribution >= 0.6 is 0 Å². The minimum atomic E-state index is -0.0933. The van der Waals surface area contributed by atoms with Gasteiger partial charge < -0.3 is 14.6 Å². The Morgan fingerprint density at radius 2 is 1.90 bits per heavy atom. The topological polar surface area (TPSA) is 71.3 Å². The van der Waals surface area contributed by atoms with Crippen molar-refractivity contribution in [2.45, 2.75) is 12.8 Å². The molecule has 6 heteroatoms. The zero-order valence-electron chi connectivity index (χ0n) is 16.5. The molecule has 1 fully saturated rings. The zero-order chi connectivity index (χ0) is 20.3. The van der Waals surface area contributed by atoms with Crippen LogP contribution in [0.5, 0.6) is 0 Å². The van der Waals surface area contributed by atoms with Crippen LogP contribution in [-0.2, 0) is 4.79 Å². The van der Waals surface area contributed by atoms with Gasteiger partial charge in [0.1, 0.15) is 5.69 Å². The molecule has 4 aromatic rings. The lowest BCUT2D eigenvalue weighted by Crippen LogP contribution is -2.41. The third kappa shape index (κ3) is 3.64. The quantitative estimate of drug-likeness (QED) is 0.537. The van der Waals surface area contributed by atoms with Crippen molar-refractivity contribution in [1.82, 2.24) is 10.2 Å². The van der Waals surface area contributed by atoms with Gasteiger partial charge in [-0.15, -0.1) is 10.2 Å². The van der Waals surface area contributed by atoms with E-state index in [1.54, 1.807) is 6.26 Å². The average Bonchev–Trinajstić information content (AvgIpc) is 3.35. The summed E-state index contributed by atoms with van der Waals surface area (Å²) in [4.78, 5) is 15.1. The van der Waals surface area contributed by atoms with Gasteiger partial charge in [-0.25, -0.2) is 0 Å². The molecule has 5 rings (SSSR count). The third-order valence-corrected chi connectivity index (χ3v) is 5.59. The number of hydrogen-bond acceptors (Lipinski definition) is 5. The Balaban J connectivity index is 1.29. The lowest BCUT2D eigenvalue weighted by Gasteiger charge is -2.32. The van der Waals surface area contributed by atoms with Crippen LogP contribution in [0, 0.1) is 5.92 Å². The number of carbonyl (C=O) groups excluding carboxylic acids is 1. The van der Waals surface area contributed by atoms with Gasteiger partial charge in [0.25, 0.3) is 0 Å². The van der Waals surface area contributed by atoms with Crippen LogP contribution in [0.2, 0.25) is 0 Å². The first-order chi connectivity index (χ1) is 14.8. The van der Waals surface area contributed by atoms with E-state index in [4.69, 9.17) is 4.42 Å². The van der Waals surface area contributed by atoms with Gasteiger partial charge in [-0.1, -0.05) is 36.4 Å². The summed E-state index contributed by atoms with van der Waals surface area (Å²) in [7, 11) is 0. The van der Waals surface area contributed by atoms with Gasteiger partial charge in [-0.2, -0.15) is 0 Å². The van der Waals surface area contributed by atoms with Crippen molar-refractivity contribution in [1.29, 1.82) is 0 Å². The largest absolute Gasteiger partial charge is 0.463 e. The lowest BCUT2D eigenvalue weighted by molar-refractivity contribution is -0.120. The summed E-state index contributed by atoms with van der Waals surface area (Å²) in [6, 6.07) is 21.6. The second-order valence-corrected chi connectivity index (χ2v) is 7.56. The Hall–Kier alpha value is -3.67. The van der Waals surface area contributed by atoms with E-state index in [0.717, 1.165) is 41.7 Å². The summed E-state index contributed by atoms with van der Waals surface area (Å²) in [5.74, 6) is 1.44. The van der Waals surface area contributed by atoms with Crippen LogP contribution in [0.3, 0.4) is 0 Å². The number of hydrogen-bond donors (Lipinski definition) is 1. The maximum Gasteiger partial charge on any atom is 0.229 e. The highest BCUT2D eigenvalue weighted by Crippen LogP contribution is 2.27. The predicted molar refractivity (Wildman–Crippen MR) is 117 cm³/mol. The van der Waals surface area contributed by atoms with Crippen molar-refractivity contribution in [3.05, 3.63) is 73.0 Å². The molecule has 150 valence electrons. The Morgan fingerprint density at radius 3 is 2.73 bits per heavy atom. The standard InChI is InChI=1S/C24H22N4O2/c29-24(25-20-10-3-7-17-6-1-2-9-19(17)20)18-8-4-14-28(16-18)23-13-12-21(26-27-23)22-11-5-15-30-22/h1-3,5-7,9-13,15,18H,4,8,14,16H2,(H,25,29). The van der Waals surface area contributed by atoms with E-state index in [0.29, 0.717) is 18.0 Å². The number of nitrogens with one attached hydrogen (secondary N) is 1. The van der Waals surface area contributed by atoms with Gasteiger partial charge in [-0.05, 0) is 48.6 Å². The first-order valence-corrected chi connectivity index (χ1v) is 10.2. The van der Waals surface area contributed by atoms with Crippen molar-refractivity contribution in [3.8, 4) is 11.5 Å². The number of nitrogens with zero attached hydrogens (tertiary/aromatic N) is 3. The minimum Gasteiger partial charge on any atom is -0.463 e. The van der Waals surface area contributed by atoms with Crippen molar-refractivity contribution < 1.29 is 9.21 Å². The van der Waals surface area contributed by atoms with E-state index in [2.05, 4.69) is 32.5 Å². The number of anilines is 2. The minimum absolute atomic E-state index is 0.0521. The van der Waals surface area contributed by atoms with E-state index < -0.39 is 0 Å². The van der Waals surface area contributed by atoms with Crippen molar-refractivity contribution in [3.63, 3.8) is 0 Å². The maximum absolute atomic E-state index is 13.0. The molecule has 1 aliphatic heterocycles. The molecule has 30 heavy (non-hydrogen) atoms. The molecule has 0 aliphatic carbocycles. The van der Waals surface area contributed by atoms with Gasteiger partial charge in [0.2, 0.25) is 5.91 Å². The molecule has 1 saturated heterocycles. The Morgan fingerprint density at radius 1 is 1.00 bits per heavy atom. The van der Waals surface area contributed by atoms with Gasteiger partial charge >= 0.3 is 0 Å². The van der Waals surface area contributed by atoms with Crippen LogP contribution in [0.1, 0.15) is 12.8 Å². The summed E-state index contributed by atoms with van der Waals surface area (Å²) in [5.41, 5.74) is 1.56. The second kappa shape index (κ2) is 7.99. The number of benzene rings is 2. The van der Waals surface area contributed by atoms with Crippen LogP contribution in [-0.4, -0.2) is 29.2 Å². The maximum atomic E-state index is 13.0. The number of amides is 1. The molecule has 0 spiro atoms. The van der Waals surface area contributed by atoms with Gasteiger partial charge in [0.05, 0.1) is 12.2 Å².